The van der Waals surface area contributed by atoms with Gasteiger partial charge in [0, 0.05) is 34.1 Å². The van der Waals surface area contributed by atoms with E-state index in [0.29, 0.717) is 0 Å². The molecular formula is C41H38N2O2. The monoisotopic (exact) mass is 590 g/mol. The van der Waals surface area contributed by atoms with Crippen LogP contribution in [0, 0.1) is 27.7 Å². The van der Waals surface area contributed by atoms with Gasteiger partial charge in [0.1, 0.15) is 11.5 Å². The highest BCUT2D eigenvalue weighted by Gasteiger charge is 2.14. The lowest BCUT2D eigenvalue weighted by molar-refractivity contribution is 0.120. The molecule has 0 amide bonds. The smallest absolute Gasteiger partial charge is 0.230 e. The van der Waals surface area contributed by atoms with Gasteiger partial charge in [-0.3, -0.25) is 0 Å². The number of anilines is 6. The second-order valence-electron chi connectivity index (χ2n) is 11.4. The molecule has 0 aromatic heterocycles. The van der Waals surface area contributed by atoms with E-state index in [0.717, 1.165) is 45.6 Å². The first-order chi connectivity index (χ1) is 21.9. The van der Waals surface area contributed by atoms with Gasteiger partial charge in [0.2, 0.25) is 6.79 Å². The molecule has 0 aliphatic heterocycles. The van der Waals surface area contributed by atoms with Gasteiger partial charge in [-0.05, 0) is 125 Å². The van der Waals surface area contributed by atoms with Gasteiger partial charge in [-0.2, -0.15) is 0 Å². The Balaban J connectivity index is 1.13. The quantitative estimate of drug-likeness (QED) is 0.148. The standard InChI is InChI=1S/C41H38N2O2/c1-30-5-13-34(14-6-30)42(35-15-7-31(2)8-16-35)38-21-25-40(26-22-38)44-29-45-41-27-23-39(24-28-41)43(36-17-9-32(3)10-18-36)37-19-11-33(4)12-20-37/h5-28H,29H2,1-4H3. The molecule has 0 heterocycles. The molecule has 0 spiro atoms. The van der Waals surface area contributed by atoms with Crippen molar-refractivity contribution in [2.75, 3.05) is 16.6 Å². The minimum Gasteiger partial charge on any atom is -0.458 e. The van der Waals surface area contributed by atoms with Gasteiger partial charge < -0.3 is 19.3 Å². The van der Waals surface area contributed by atoms with Gasteiger partial charge in [-0.1, -0.05) is 70.8 Å². The maximum Gasteiger partial charge on any atom is 0.230 e. The molecule has 224 valence electrons. The van der Waals surface area contributed by atoms with Crippen LogP contribution in [-0.4, -0.2) is 6.79 Å². The fraction of sp³-hybridized carbons (Fsp3) is 0.122. The summed E-state index contributed by atoms with van der Waals surface area (Å²) in [6, 6.07) is 50.6. The van der Waals surface area contributed by atoms with Gasteiger partial charge in [-0.15, -0.1) is 0 Å². The fourth-order valence-corrected chi connectivity index (χ4v) is 5.22. The minimum atomic E-state index is 0.109. The van der Waals surface area contributed by atoms with E-state index in [9.17, 15) is 0 Å². The molecule has 0 atom stereocenters. The lowest BCUT2D eigenvalue weighted by Gasteiger charge is -2.26. The van der Waals surface area contributed by atoms with E-state index in [2.05, 4.69) is 159 Å². The zero-order chi connectivity index (χ0) is 31.2. The Morgan fingerprint density at radius 2 is 0.511 bits per heavy atom. The van der Waals surface area contributed by atoms with E-state index in [1.165, 1.54) is 22.3 Å². The summed E-state index contributed by atoms with van der Waals surface area (Å²) in [6.07, 6.45) is 0. The highest BCUT2D eigenvalue weighted by molar-refractivity contribution is 5.78. The maximum absolute atomic E-state index is 5.98. The maximum atomic E-state index is 5.98. The molecule has 0 saturated carbocycles. The molecule has 0 N–H and O–H groups in total. The third kappa shape index (κ3) is 7.19. The average molecular weight is 591 g/mol. The number of aryl methyl sites for hydroxylation is 4. The van der Waals surface area contributed by atoms with Gasteiger partial charge in [0.05, 0.1) is 0 Å². The minimum absolute atomic E-state index is 0.109. The van der Waals surface area contributed by atoms with E-state index in [4.69, 9.17) is 9.47 Å². The molecule has 4 nitrogen and oxygen atoms in total. The van der Waals surface area contributed by atoms with E-state index >= 15 is 0 Å². The van der Waals surface area contributed by atoms with E-state index in [-0.39, 0.29) is 6.79 Å². The normalized spacial score (nSPS) is 10.8. The lowest BCUT2D eigenvalue weighted by atomic mass is 10.1. The number of ether oxygens (including phenoxy) is 2. The highest BCUT2D eigenvalue weighted by Crippen LogP contribution is 2.37. The topological polar surface area (TPSA) is 24.9 Å². The van der Waals surface area contributed by atoms with Gasteiger partial charge in [0.25, 0.3) is 0 Å². The van der Waals surface area contributed by atoms with Crippen molar-refractivity contribution in [3.63, 3.8) is 0 Å². The first kappa shape index (κ1) is 29.6. The molecule has 45 heavy (non-hydrogen) atoms. The predicted octanol–water partition coefficient (Wildman–Crippen LogP) is 11.3. The number of hydrogen-bond acceptors (Lipinski definition) is 4. The molecule has 0 aliphatic rings. The molecule has 6 aromatic carbocycles. The number of hydrogen-bond donors (Lipinski definition) is 0. The highest BCUT2D eigenvalue weighted by atomic mass is 16.7. The van der Waals surface area contributed by atoms with Crippen LogP contribution in [0.4, 0.5) is 34.1 Å². The Bertz CT molecular complexity index is 1580. The SMILES string of the molecule is Cc1ccc(N(c2ccc(C)cc2)c2ccc(OCOc3ccc(N(c4ccc(C)cc4)c4ccc(C)cc4)cc3)cc2)cc1. The molecule has 0 radical (unpaired) electrons. The zero-order valence-corrected chi connectivity index (χ0v) is 26.3. The Labute approximate surface area is 266 Å². The van der Waals surface area contributed by atoms with Crippen LogP contribution >= 0.6 is 0 Å². The largest absolute Gasteiger partial charge is 0.458 e. The van der Waals surface area contributed by atoms with Crippen LogP contribution in [0.15, 0.2) is 146 Å². The summed E-state index contributed by atoms with van der Waals surface area (Å²) < 4.78 is 12.0. The fourth-order valence-electron chi connectivity index (χ4n) is 5.22. The van der Waals surface area contributed by atoms with Crippen LogP contribution in [0.3, 0.4) is 0 Å². The lowest BCUT2D eigenvalue weighted by Crippen LogP contribution is -2.11. The van der Waals surface area contributed by atoms with Gasteiger partial charge >= 0.3 is 0 Å². The van der Waals surface area contributed by atoms with Crippen molar-refractivity contribution in [2.24, 2.45) is 0 Å². The second-order valence-corrected chi connectivity index (χ2v) is 11.4. The average Bonchev–Trinajstić information content (AvgIpc) is 3.06. The van der Waals surface area contributed by atoms with E-state index < -0.39 is 0 Å². The number of rotatable bonds is 10. The molecular weight excluding hydrogens is 552 g/mol. The van der Waals surface area contributed by atoms with Gasteiger partial charge in [0.15, 0.2) is 0 Å². The molecule has 0 bridgehead atoms. The molecule has 0 fully saturated rings. The summed E-state index contributed by atoms with van der Waals surface area (Å²) >= 11 is 0. The third-order valence-corrected chi connectivity index (χ3v) is 7.81. The van der Waals surface area contributed by atoms with Crippen molar-refractivity contribution in [2.45, 2.75) is 27.7 Å². The van der Waals surface area contributed by atoms with Crippen LogP contribution in [0.1, 0.15) is 22.3 Å². The van der Waals surface area contributed by atoms with Crippen molar-refractivity contribution >= 4 is 34.1 Å². The first-order valence-corrected chi connectivity index (χ1v) is 15.3. The van der Waals surface area contributed by atoms with E-state index in [1.807, 2.05) is 24.3 Å². The summed E-state index contributed by atoms with van der Waals surface area (Å²) in [6.45, 7) is 8.53. The molecule has 0 saturated heterocycles. The van der Waals surface area contributed by atoms with E-state index in [1.54, 1.807) is 0 Å². The second kappa shape index (κ2) is 13.4. The molecule has 6 aromatic rings. The Kier molecular flexibility index (Phi) is 8.84. The van der Waals surface area contributed by atoms with Crippen LogP contribution in [0.25, 0.3) is 0 Å². The van der Waals surface area contributed by atoms with Crippen LogP contribution in [0.2, 0.25) is 0 Å². The summed E-state index contributed by atoms with van der Waals surface area (Å²) in [4.78, 5) is 4.49. The van der Waals surface area contributed by atoms with Crippen molar-refractivity contribution in [1.82, 2.24) is 0 Å². The Morgan fingerprint density at radius 3 is 0.733 bits per heavy atom. The van der Waals surface area contributed by atoms with Crippen molar-refractivity contribution in [3.8, 4) is 11.5 Å². The Hall–Kier alpha value is -5.48. The summed E-state index contributed by atoms with van der Waals surface area (Å²) in [5, 5.41) is 0. The molecule has 6 rings (SSSR count). The molecule has 0 unspecified atom stereocenters. The Morgan fingerprint density at radius 1 is 0.311 bits per heavy atom. The third-order valence-electron chi connectivity index (χ3n) is 7.81. The molecule has 0 aliphatic carbocycles. The summed E-state index contributed by atoms with van der Waals surface area (Å²) in [7, 11) is 0. The van der Waals surface area contributed by atoms with Gasteiger partial charge in [-0.25, -0.2) is 0 Å². The van der Waals surface area contributed by atoms with Crippen molar-refractivity contribution in [1.29, 1.82) is 0 Å². The van der Waals surface area contributed by atoms with Crippen molar-refractivity contribution < 1.29 is 9.47 Å². The predicted molar refractivity (Wildman–Crippen MR) is 187 cm³/mol. The summed E-state index contributed by atoms with van der Waals surface area (Å²) in [5.41, 5.74) is 11.5. The van der Waals surface area contributed by atoms with Crippen LogP contribution in [-0.2, 0) is 0 Å². The van der Waals surface area contributed by atoms with Crippen LogP contribution in [0.5, 0.6) is 11.5 Å². The number of nitrogens with zero attached hydrogens (tertiary/aromatic N) is 2. The first-order valence-electron chi connectivity index (χ1n) is 15.3. The molecule has 4 heteroatoms. The zero-order valence-electron chi connectivity index (χ0n) is 26.3. The van der Waals surface area contributed by atoms with Crippen molar-refractivity contribution in [3.05, 3.63) is 168 Å². The number of benzene rings is 6. The summed E-state index contributed by atoms with van der Waals surface area (Å²) in [5.74, 6) is 1.49. The van der Waals surface area contributed by atoms with Crippen LogP contribution < -0.4 is 19.3 Å².